The number of hydrogen-bond donors (Lipinski definition) is 12. The van der Waals surface area contributed by atoms with Crippen molar-refractivity contribution in [1.29, 1.82) is 0 Å². The van der Waals surface area contributed by atoms with E-state index in [2.05, 4.69) is 42.5 Å². The first-order chi connectivity index (χ1) is 27.9. The van der Waals surface area contributed by atoms with Crippen LogP contribution < -0.4 is 53.7 Å². The molecule has 59 heavy (non-hydrogen) atoms. The number of amides is 10. The van der Waals surface area contributed by atoms with E-state index in [0.29, 0.717) is 37.5 Å². The molecule has 0 spiro atoms. The maximum Gasteiger partial charge on any atom is 0.315 e. The van der Waals surface area contributed by atoms with Gasteiger partial charge < -0.3 is 53.4 Å². The lowest BCUT2D eigenvalue weighted by molar-refractivity contribution is -0.139. The van der Waals surface area contributed by atoms with Crippen LogP contribution in [0.15, 0.2) is 0 Å². The monoisotopic (exact) mass is 856 g/mol. The molecule has 10 amide bonds. The zero-order valence-electron chi connectivity index (χ0n) is 33.7. The van der Waals surface area contributed by atoms with Crippen LogP contribution in [0.5, 0.6) is 0 Å². The third-order valence-electron chi connectivity index (χ3n) is 10.1. The molecule has 2 aliphatic heterocycles. The smallest absolute Gasteiger partial charge is 0.315 e. The van der Waals surface area contributed by atoms with E-state index in [9.17, 15) is 47.9 Å². The second-order valence-corrected chi connectivity index (χ2v) is 16.0. The quantitative estimate of drug-likeness (QED) is 0.0169. The Balaban J connectivity index is 1.68. The second-order valence-electron chi connectivity index (χ2n) is 14.7. The van der Waals surface area contributed by atoms with Gasteiger partial charge in [0, 0.05) is 42.7 Å². The van der Waals surface area contributed by atoms with Crippen LogP contribution in [0.25, 0.3) is 0 Å². The highest BCUT2D eigenvalue weighted by Crippen LogP contribution is 2.33. The summed E-state index contributed by atoms with van der Waals surface area (Å²) in [6, 6.07) is -3.52. The lowest BCUT2D eigenvalue weighted by Crippen LogP contribution is -2.55. The first-order valence-electron chi connectivity index (χ1n) is 19.8. The Labute approximate surface area is 346 Å². The summed E-state index contributed by atoms with van der Waals surface area (Å²) in [6.07, 6.45) is 3.25. The molecule has 0 aliphatic carbocycles. The molecule has 22 nitrogen and oxygen atoms in total. The van der Waals surface area contributed by atoms with Crippen LogP contribution in [-0.2, 0) is 43.2 Å². The fourth-order valence-electron chi connectivity index (χ4n) is 6.43. The Bertz CT molecular complexity index is 1520. The average Bonchev–Trinajstić information content (AvgIpc) is 3.75. The van der Waals surface area contributed by atoms with Crippen molar-refractivity contribution in [2.24, 2.45) is 17.6 Å². The van der Waals surface area contributed by atoms with Gasteiger partial charge >= 0.3 is 12.0 Å². The molecule has 23 heteroatoms. The van der Waals surface area contributed by atoms with E-state index in [1.54, 1.807) is 13.8 Å². The fourth-order valence-corrected chi connectivity index (χ4v) is 7.98. The van der Waals surface area contributed by atoms with Crippen molar-refractivity contribution >= 4 is 71.0 Å². The van der Waals surface area contributed by atoms with Crippen molar-refractivity contribution in [2.75, 3.05) is 25.4 Å². The summed E-state index contributed by atoms with van der Waals surface area (Å²) in [5.74, 6) is -7.33. The van der Waals surface area contributed by atoms with Gasteiger partial charge in [0.05, 0.1) is 25.2 Å². The van der Waals surface area contributed by atoms with Gasteiger partial charge in [-0.1, -0.05) is 26.7 Å². The molecule has 13 N–H and O–H groups in total. The van der Waals surface area contributed by atoms with Gasteiger partial charge in [0.1, 0.15) is 18.1 Å². The van der Waals surface area contributed by atoms with E-state index in [-0.39, 0.29) is 42.8 Å². The Morgan fingerprint density at radius 2 is 1.49 bits per heavy atom. The summed E-state index contributed by atoms with van der Waals surface area (Å²) in [5.41, 5.74) is 6.89. The lowest BCUT2D eigenvalue weighted by Gasteiger charge is -2.25. The van der Waals surface area contributed by atoms with Gasteiger partial charge in [-0.05, 0) is 51.4 Å². The number of carbonyl (C=O) groups excluding carboxylic acids is 9. The highest BCUT2D eigenvalue weighted by Gasteiger charge is 2.42. The van der Waals surface area contributed by atoms with Crippen molar-refractivity contribution < 1.29 is 58.3 Å². The zero-order valence-corrected chi connectivity index (χ0v) is 34.5. The predicted molar refractivity (Wildman–Crippen MR) is 212 cm³/mol. The number of carboxylic acid groups (broad SMARTS) is 1. The van der Waals surface area contributed by atoms with Gasteiger partial charge in [-0.3, -0.25) is 48.4 Å². The lowest BCUT2D eigenvalue weighted by atomic mass is 9.87. The maximum atomic E-state index is 13.0. The summed E-state index contributed by atoms with van der Waals surface area (Å²) < 4.78 is 0. The zero-order chi connectivity index (χ0) is 44.1. The van der Waals surface area contributed by atoms with Gasteiger partial charge in [0.25, 0.3) is 0 Å². The van der Waals surface area contributed by atoms with Gasteiger partial charge in [-0.15, -0.1) is 0 Å². The SMILES string of the molecule is CCC(C)C(CC(=O)NO)C(=O)N[C@@H](CCC(=O)O)C(=O)N[C@@H](C)C(=O)NCC(=O)NCC(=O)N[C@@H](CCCCNC(=O)CCCC[C@@H]1SC[C@@H]2NC(=O)N[C@@H]21)C(N)=O. The molecule has 0 radical (unpaired) electrons. The first kappa shape index (κ1) is 50.0. The minimum absolute atomic E-state index is 0.0914. The largest absolute Gasteiger partial charge is 0.481 e. The number of hydroxylamine groups is 1. The number of primary amides is 1. The number of rotatable bonds is 28. The first-order valence-corrected chi connectivity index (χ1v) is 20.8. The Morgan fingerprint density at radius 3 is 2.15 bits per heavy atom. The number of carbonyl (C=O) groups is 10. The Hall–Kier alpha value is -5.19. The van der Waals surface area contributed by atoms with Crippen LogP contribution in [0.3, 0.4) is 0 Å². The molecule has 2 saturated heterocycles. The molecule has 2 rings (SSSR count). The molecule has 332 valence electrons. The minimum Gasteiger partial charge on any atom is -0.481 e. The van der Waals surface area contributed by atoms with E-state index in [1.807, 2.05) is 11.8 Å². The molecule has 2 fully saturated rings. The van der Waals surface area contributed by atoms with E-state index < -0.39 is 97.3 Å². The maximum absolute atomic E-state index is 13.0. The number of carboxylic acids is 1. The fraction of sp³-hybridized carbons (Fsp3) is 0.722. The molecule has 0 aromatic heterocycles. The van der Waals surface area contributed by atoms with Crippen molar-refractivity contribution in [3.63, 3.8) is 0 Å². The number of urea groups is 1. The minimum atomic E-state index is -1.40. The van der Waals surface area contributed by atoms with Gasteiger partial charge in [0.15, 0.2) is 0 Å². The summed E-state index contributed by atoms with van der Waals surface area (Å²) in [4.78, 5) is 122. The highest BCUT2D eigenvalue weighted by molar-refractivity contribution is 8.00. The number of hydrogen-bond acceptors (Lipinski definition) is 12. The van der Waals surface area contributed by atoms with Crippen molar-refractivity contribution in [1.82, 2.24) is 48.0 Å². The molecule has 2 unspecified atom stereocenters. The number of fused-ring (bicyclic) bond motifs is 1. The molecule has 0 saturated carbocycles. The molecule has 0 aromatic carbocycles. The van der Waals surface area contributed by atoms with Crippen LogP contribution in [0.4, 0.5) is 4.79 Å². The van der Waals surface area contributed by atoms with Crippen molar-refractivity contribution in [3.05, 3.63) is 0 Å². The predicted octanol–water partition coefficient (Wildman–Crippen LogP) is -2.39. The van der Waals surface area contributed by atoms with Gasteiger partial charge in [-0.25, -0.2) is 10.3 Å². The van der Waals surface area contributed by atoms with Gasteiger partial charge in [-0.2, -0.15) is 11.8 Å². The number of nitrogens with two attached hydrogens (primary N) is 1. The van der Waals surface area contributed by atoms with Crippen LogP contribution >= 0.6 is 11.8 Å². The van der Waals surface area contributed by atoms with Crippen LogP contribution in [0.2, 0.25) is 0 Å². The number of aliphatic carboxylic acids is 1. The Kier molecular flexibility index (Phi) is 22.0. The molecule has 0 bridgehead atoms. The Morgan fingerprint density at radius 1 is 0.780 bits per heavy atom. The molecule has 2 aliphatic rings. The summed E-state index contributed by atoms with van der Waals surface area (Å²) in [7, 11) is 0. The topological polar surface area (TPSA) is 345 Å². The molecule has 2 heterocycles. The van der Waals surface area contributed by atoms with Crippen LogP contribution in [0.1, 0.15) is 91.4 Å². The van der Waals surface area contributed by atoms with Gasteiger partial charge in [0.2, 0.25) is 47.3 Å². The normalized spacial score (nSPS) is 19.2. The van der Waals surface area contributed by atoms with Crippen LogP contribution in [-0.4, -0.2) is 130 Å². The van der Waals surface area contributed by atoms with Crippen molar-refractivity contribution in [3.8, 4) is 0 Å². The number of thioether (sulfide) groups is 1. The van der Waals surface area contributed by atoms with E-state index in [4.69, 9.17) is 16.0 Å². The molecule has 0 aromatic rings. The standard InChI is InChI=1S/C36H60N10O12S/c1-4-19(2)21(15-27(48)46-58)34(55)43-23(12-13-30(51)52)35(56)41-20(3)33(54)40-16-28(49)39-17-29(50)42-22(32(37)53)9-7-8-14-38-26(47)11-6-5-10-25-31-24(18-59-25)44-36(57)45-31/h19-25,31,58H,4-18H2,1-3H3,(H2,37,53)(H,38,47)(H,39,49)(H,40,54)(H,41,56)(H,42,50)(H,43,55)(H,46,48)(H,51,52)(H2,44,45,57)/t19?,20-,21?,22-,23-,24-,25-,31-/m0/s1. The molecule has 8 atom stereocenters. The third kappa shape index (κ3) is 18.5. The summed E-state index contributed by atoms with van der Waals surface area (Å²) in [6.45, 7) is 3.97. The number of unbranched alkanes of at least 4 members (excludes halogenated alkanes) is 2. The van der Waals surface area contributed by atoms with E-state index in [1.165, 1.54) is 12.4 Å². The summed E-state index contributed by atoms with van der Waals surface area (Å²) >= 11 is 1.83. The summed E-state index contributed by atoms with van der Waals surface area (Å²) in [5, 5.41) is 38.9. The van der Waals surface area contributed by atoms with E-state index >= 15 is 0 Å². The van der Waals surface area contributed by atoms with Crippen LogP contribution in [0, 0.1) is 11.8 Å². The van der Waals surface area contributed by atoms with E-state index in [0.717, 1.165) is 25.0 Å². The average molecular weight is 857 g/mol. The number of nitrogens with one attached hydrogen (secondary N) is 9. The third-order valence-corrected chi connectivity index (χ3v) is 11.6. The molecular weight excluding hydrogens is 797 g/mol. The van der Waals surface area contributed by atoms with Crippen molar-refractivity contribution in [2.45, 2.75) is 127 Å². The molecular formula is C36H60N10O12S. The second kappa shape index (κ2) is 26.0. The highest BCUT2D eigenvalue weighted by atomic mass is 32.2.